The van der Waals surface area contributed by atoms with Crippen molar-refractivity contribution >= 4 is 23.1 Å². The molecule has 0 atom stereocenters. The zero-order chi connectivity index (χ0) is 4.83. The van der Waals surface area contributed by atoms with Crippen LogP contribution in [0.15, 0.2) is 0 Å². The minimum absolute atomic E-state index is 0. The Hall–Kier alpha value is 0.686. The van der Waals surface area contributed by atoms with Crippen LogP contribution < -0.4 is 0 Å². The van der Waals surface area contributed by atoms with Crippen molar-refractivity contribution in [3.8, 4) is 0 Å². The third kappa shape index (κ3) is 10.8. The molecule has 0 unspecified atom stereocenters. The first-order valence-corrected chi connectivity index (χ1v) is 1.89. The van der Waals surface area contributed by atoms with E-state index in [2.05, 4.69) is 9.47 Å². The molecular weight excluding hydrogens is 104 g/mol. The zero-order valence-electron chi connectivity index (χ0n) is 6.94. The number of hydrogen-bond acceptors (Lipinski definition) is 2. The van der Waals surface area contributed by atoms with Crippen LogP contribution in [0.2, 0.25) is 0 Å². The second-order valence-electron chi connectivity index (χ2n) is 0.986. The van der Waals surface area contributed by atoms with Crippen molar-refractivity contribution in [1.82, 2.24) is 0 Å². The van der Waals surface area contributed by atoms with Gasteiger partial charge in [0.2, 0.25) is 0 Å². The minimum Gasteiger partial charge on any atom is -1.00 e. The van der Waals surface area contributed by atoms with Crippen LogP contribution >= 0.6 is 0 Å². The van der Waals surface area contributed by atoms with Crippen LogP contribution in [0.25, 0.3) is 0 Å². The fourth-order valence-electron chi connectivity index (χ4n) is 0.167. The van der Waals surface area contributed by atoms with Crippen molar-refractivity contribution in [1.29, 1.82) is 0 Å². The first kappa shape index (κ1) is 10.6. The molecule has 0 heterocycles. The van der Waals surface area contributed by atoms with E-state index >= 15 is 0 Å². The summed E-state index contributed by atoms with van der Waals surface area (Å²) in [7, 11) is 3.30. The normalized spacial score (nSPS) is 7.71. The predicted molar refractivity (Wildman–Crippen MR) is 31.7 cm³/mol. The number of hydrogen-bond donors (Lipinski definition) is 0. The van der Waals surface area contributed by atoms with Crippen molar-refractivity contribution < 1.29 is 12.3 Å². The number of methoxy groups -OCH3 is 2. The topological polar surface area (TPSA) is 18.5 Å². The Labute approximate surface area is 63.3 Å². The summed E-state index contributed by atoms with van der Waals surface area (Å²) in [6.07, 6.45) is 0. The summed E-state index contributed by atoms with van der Waals surface area (Å²) in [6, 6.07) is 0. The average molecular weight is 116 g/mol. The molecule has 0 bridgehead atoms. The summed E-state index contributed by atoms with van der Waals surface area (Å²) in [5.74, 6) is 0. The third-order valence-corrected chi connectivity index (χ3v) is 0.492. The summed E-state index contributed by atoms with van der Waals surface area (Å²) in [5, 5.41) is 0. The Morgan fingerprint density at radius 1 is 1.14 bits per heavy atom. The summed E-state index contributed by atoms with van der Waals surface area (Å²) in [5.41, 5.74) is 0. The Morgan fingerprint density at radius 2 is 1.43 bits per heavy atom. The maximum Gasteiger partial charge on any atom is 2.00 e. The van der Waals surface area contributed by atoms with Gasteiger partial charge in [-0.25, -0.2) is 0 Å². The van der Waals surface area contributed by atoms with Gasteiger partial charge in [-0.15, -0.1) is 0 Å². The van der Waals surface area contributed by atoms with Crippen LogP contribution in [-0.2, 0) is 9.47 Å². The van der Waals surface area contributed by atoms with Gasteiger partial charge in [-0.3, -0.25) is 0 Å². The van der Waals surface area contributed by atoms with Crippen LogP contribution in [0.5, 0.6) is 0 Å². The van der Waals surface area contributed by atoms with Gasteiger partial charge in [0.05, 0.1) is 13.2 Å². The molecule has 0 radical (unpaired) electrons. The Morgan fingerprint density at radius 3 is 1.57 bits per heavy atom. The van der Waals surface area contributed by atoms with Gasteiger partial charge in [0.25, 0.3) is 0 Å². The van der Waals surface area contributed by atoms with Gasteiger partial charge in [-0.2, -0.15) is 0 Å². The molecule has 0 N–H and O–H groups in total. The van der Waals surface area contributed by atoms with Crippen LogP contribution in [0.1, 0.15) is 2.85 Å². The first-order valence-electron chi connectivity index (χ1n) is 1.89. The molecule has 0 aromatic carbocycles. The Bertz CT molecular complexity index is 28.5. The van der Waals surface area contributed by atoms with Gasteiger partial charge in [-0.05, 0) is 0 Å². The van der Waals surface area contributed by atoms with Crippen molar-refractivity contribution in [3.63, 3.8) is 0 Å². The average Bonchev–Trinajstić information content (AvgIpc) is 1.61. The Kier molecular flexibility index (Phi) is 14.9. The van der Waals surface area contributed by atoms with Gasteiger partial charge >= 0.3 is 23.1 Å². The van der Waals surface area contributed by atoms with Gasteiger partial charge < -0.3 is 12.3 Å². The van der Waals surface area contributed by atoms with E-state index in [9.17, 15) is 0 Å². The fourth-order valence-corrected chi connectivity index (χ4v) is 0.167. The molecule has 0 aliphatic heterocycles. The molecular formula is C4H12MgO2. The number of ether oxygens (including phenoxy) is 2. The van der Waals surface area contributed by atoms with E-state index in [0.29, 0.717) is 13.2 Å². The smallest absolute Gasteiger partial charge is 1.00 e. The van der Waals surface area contributed by atoms with Crippen LogP contribution in [0.4, 0.5) is 0 Å². The van der Waals surface area contributed by atoms with Crippen molar-refractivity contribution in [2.45, 2.75) is 0 Å². The standard InChI is InChI=1S/C4H10O2.Mg.2H/c1-5-3-4-6-2;;;/h3-4H2,1-2H3;;;/q;+2;2*-1. The van der Waals surface area contributed by atoms with Gasteiger partial charge in [0.1, 0.15) is 0 Å². The summed E-state index contributed by atoms with van der Waals surface area (Å²) < 4.78 is 9.31. The fraction of sp³-hybridized carbons (Fsp3) is 1.00. The van der Waals surface area contributed by atoms with E-state index in [4.69, 9.17) is 0 Å². The quantitative estimate of drug-likeness (QED) is 0.385. The molecule has 3 heteroatoms. The molecule has 0 aromatic heterocycles. The maximum atomic E-state index is 4.66. The minimum atomic E-state index is 0. The molecule has 0 aliphatic rings. The van der Waals surface area contributed by atoms with Crippen LogP contribution in [0.3, 0.4) is 0 Å². The molecule has 0 amide bonds. The summed E-state index contributed by atoms with van der Waals surface area (Å²) in [4.78, 5) is 0. The first-order chi connectivity index (χ1) is 2.91. The molecule has 7 heavy (non-hydrogen) atoms. The maximum absolute atomic E-state index is 4.66. The van der Waals surface area contributed by atoms with E-state index in [-0.39, 0.29) is 25.9 Å². The molecule has 0 aliphatic carbocycles. The van der Waals surface area contributed by atoms with Crippen molar-refractivity contribution in [3.05, 3.63) is 0 Å². The van der Waals surface area contributed by atoms with E-state index in [1.165, 1.54) is 0 Å². The van der Waals surface area contributed by atoms with E-state index in [1.54, 1.807) is 14.2 Å². The second kappa shape index (κ2) is 9.84. The predicted octanol–water partition coefficient (Wildman–Crippen LogP) is 0.123. The van der Waals surface area contributed by atoms with Crippen molar-refractivity contribution in [2.75, 3.05) is 27.4 Å². The summed E-state index contributed by atoms with van der Waals surface area (Å²) in [6.45, 7) is 1.38. The molecule has 0 aromatic rings. The molecule has 0 saturated heterocycles. The van der Waals surface area contributed by atoms with Gasteiger partial charge in [0.15, 0.2) is 0 Å². The molecule has 0 fully saturated rings. The monoisotopic (exact) mass is 116 g/mol. The van der Waals surface area contributed by atoms with Crippen LogP contribution in [-0.4, -0.2) is 50.5 Å². The second-order valence-corrected chi connectivity index (χ2v) is 0.986. The Balaban J connectivity index is -0.0000000417. The molecule has 0 spiro atoms. The SMILES string of the molecule is COCCOC.[H-].[H-].[Mg+2]. The third-order valence-electron chi connectivity index (χ3n) is 0.492. The molecule has 42 valence electrons. The summed E-state index contributed by atoms with van der Waals surface area (Å²) >= 11 is 0. The molecule has 0 saturated carbocycles. The van der Waals surface area contributed by atoms with E-state index in [1.807, 2.05) is 0 Å². The van der Waals surface area contributed by atoms with E-state index in [0.717, 1.165) is 0 Å². The van der Waals surface area contributed by atoms with Gasteiger partial charge in [-0.1, -0.05) is 0 Å². The van der Waals surface area contributed by atoms with Crippen molar-refractivity contribution in [2.24, 2.45) is 0 Å². The number of rotatable bonds is 3. The van der Waals surface area contributed by atoms with Crippen LogP contribution in [0, 0.1) is 0 Å². The molecule has 0 rings (SSSR count). The largest absolute Gasteiger partial charge is 2.00 e. The zero-order valence-corrected chi connectivity index (χ0v) is 6.35. The molecule has 2 nitrogen and oxygen atoms in total. The van der Waals surface area contributed by atoms with Gasteiger partial charge in [0, 0.05) is 14.2 Å². The van der Waals surface area contributed by atoms with E-state index < -0.39 is 0 Å².